The van der Waals surface area contributed by atoms with Crippen molar-refractivity contribution in [3.63, 3.8) is 0 Å². The molecule has 0 aliphatic carbocycles. The fourth-order valence-electron chi connectivity index (χ4n) is 3.36. The van der Waals surface area contributed by atoms with Gasteiger partial charge in [-0.05, 0) is 48.6 Å². The Morgan fingerprint density at radius 1 is 1.11 bits per heavy atom. The van der Waals surface area contributed by atoms with Gasteiger partial charge in [0.1, 0.15) is 0 Å². The Hall–Kier alpha value is -2.66. The van der Waals surface area contributed by atoms with Gasteiger partial charge in [-0.1, -0.05) is 36.4 Å². The molecule has 0 saturated heterocycles. The lowest BCUT2D eigenvalue weighted by molar-refractivity contribution is -0.134. The average Bonchev–Trinajstić information content (AvgIpc) is 2.64. The first-order valence-electron chi connectivity index (χ1n) is 9.32. The quantitative estimate of drug-likeness (QED) is 0.886. The first-order valence-corrected chi connectivity index (χ1v) is 9.32. The third-order valence-electron chi connectivity index (χ3n) is 5.04. The lowest BCUT2D eigenvalue weighted by atomic mass is 10.00. The summed E-state index contributed by atoms with van der Waals surface area (Å²) >= 11 is 0. The van der Waals surface area contributed by atoms with Crippen LogP contribution in [0.5, 0.6) is 0 Å². The second kappa shape index (κ2) is 8.35. The van der Waals surface area contributed by atoms with Crippen LogP contribution in [-0.2, 0) is 22.6 Å². The summed E-state index contributed by atoms with van der Waals surface area (Å²) in [4.78, 5) is 28.5. The van der Waals surface area contributed by atoms with Gasteiger partial charge in [-0.3, -0.25) is 14.5 Å². The average molecular weight is 365 g/mol. The van der Waals surface area contributed by atoms with E-state index >= 15 is 0 Å². The van der Waals surface area contributed by atoms with Crippen molar-refractivity contribution in [1.82, 2.24) is 9.80 Å². The zero-order valence-corrected chi connectivity index (χ0v) is 16.3. The van der Waals surface area contributed by atoms with Gasteiger partial charge in [0.25, 0.3) is 0 Å². The predicted molar refractivity (Wildman–Crippen MR) is 108 cm³/mol. The molecule has 0 aromatic heterocycles. The number of anilines is 1. The zero-order valence-electron chi connectivity index (χ0n) is 16.3. The van der Waals surface area contributed by atoms with E-state index < -0.39 is 0 Å². The van der Waals surface area contributed by atoms with E-state index in [9.17, 15) is 9.59 Å². The number of nitrogens with zero attached hydrogens (tertiary/aromatic N) is 2. The number of aryl methyl sites for hydroxylation is 2. The number of amides is 2. The van der Waals surface area contributed by atoms with Crippen LogP contribution in [0, 0.1) is 13.8 Å². The molecule has 0 atom stereocenters. The van der Waals surface area contributed by atoms with E-state index in [1.807, 2.05) is 38.1 Å². The number of rotatable bonds is 5. The monoisotopic (exact) mass is 365 g/mol. The Morgan fingerprint density at radius 2 is 1.85 bits per heavy atom. The fraction of sp³-hybridized carbons (Fsp3) is 0.364. The van der Waals surface area contributed by atoms with Crippen LogP contribution in [0.15, 0.2) is 42.5 Å². The SMILES string of the molecule is Cc1ccc(C)c(NC(=O)CN(C)C(=O)CN2CCc3ccccc3C2)c1. The molecule has 142 valence electrons. The highest BCUT2D eigenvalue weighted by Gasteiger charge is 2.21. The molecule has 2 aromatic rings. The molecule has 2 amide bonds. The zero-order chi connectivity index (χ0) is 19.4. The van der Waals surface area contributed by atoms with Gasteiger partial charge in [0, 0.05) is 25.8 Å². The van der Waals surface area contributed by atoms with Crippen LogP contribution >= 0.6 is 0 Å². The van der Waals surface area contributed by atoms with E-state index in [1.54, 1.807) is 7.05 Å². The van der Waals surface area contributed by atoms with E-state index in [0.29, 0.717) is 6.54 Å². The molecule has 1 heterocycles. The summed E-state index contributed by atoms with van der Waals surface area (Å²) in [7, 11) is 1.68. The number of benzene rings is 2. The largest absolute Gasteiger partial charge is 0.335 e. The van der Waals surface area contributed by atoms with Gasteiger partial charge in [-0.15, -0.1) is 0 Å². The summed E-state index contributed by atoms with van der Waals surface area (Å²) in [5.41, 5.74) is 5.54. The number of hydrogen-bond acceptors (Lipinski definition) is 3. The van der Waals surface area contributed by atoms with Crippen LogP contribution in [-0.4, -0.2) is 48.3 Å². The maximum absolute atomic E-state index is 12.5. The molecule has 5 nitrogen and oxygen atoms in total. The Kier molecular flexibility index (Phi) is 5.91. The third kappa shape index (κ3) is 4.95. The van der Waals surface area contributed by atoms with Gasteiger partial charge >= 0.3 is 0 Å². The molecule has 1 N–H and O–H groups in total. The van der Waals surface area contributed by atoms with Gasteiger partial charge in [-0.25, -0.2) is 0 Å². The summed E-state index contributed by atoms with van der Waals surface area (Å²) in [5, 5.41) is 2.91. The lowest BCUT2D eigenvalue weighted by Crippen LogP contribution is -2.43. The molecule has 27 heavy (non-hydrogen) atoms. The van der Waals surface area contributed by atoms with E-state index in [1.165, 1.54) is 16.0 Å². The second-order valence-electron chi connectivity index (χ2n) is 7.35. The summed E-state index contributed by atoms with van der Waals surface area (Å²) in [5.74, 6) is -0.214. The molecule has 0 unspecified atom stereocenters. The summed E-state index contributed by atoms with van der Waals surface area (Å²) in [6.45, 7) is 5.98. The highest BCUT2D eigenvalue weighted by molar-refractivity contribution is 5.95. The van der Waals surface area contributed by atoms with Crippen molar-refractivity contribution in [3.05, 3.63) is 64.7 Å². The normalized spacial score (nSPS) is 13.7. The standard InChI is InChI=1S/C22H27N3O2/c1-16-8-9-17(2)20(12-16)23-21(26)14-24(3)22(27)15-25-11-10-18-6-4-5-7-19(18)13-25/h4-9,12H,10-11,13-15H2,1-3H3,(H,23,26). The topological polar surface area (TPSA) is 52.7 Å². The molecule has 0 radical (unpaired) electrons. The molecule has 0 spiro atoms. The van der Waals surface area contributed by atoms with Gasteiger partial charge in [0.05, 0.1) is 13.1 Å². The van der Waals surface area contributed by atoms with Crippen LogP contribution in [0.1, 0.15) is 22.3 Å². The molecule has 0 saturated carbocycles. The molecular formula is C22H27N3O2. The first kappa shape index (κ1) is 19.1. The Bertz CT molecular complexity index is 847. The Balaban J connectivity index is 1.52. The fourth-order valence-corrected chi connectivity index (χ4v) is 3.36. The summed E-state index contributed by atoms with van der Waals surface area (Å²) in [6.07, 6.45) is 0.959. The van der Waals surface area contributed by atoms with Gasteiger partial charge < -0.3 is 10.2 Å². The number of likely N-dealkylation sites (N-methyl/N-ethyl adjacent to an activating group) is 1. The molecule has 0 bridgehead atoms. The Labute approximate surface area is 161 Å². The molecule has 2 aromatic carbocycles. The van der Waals surface area contributed by atoms with Crippen molar-refractivity contribution in [1.29, 1.82) is 0 Å². The second-order valence-corrected chi connectivity index (χ2v) is 7.35. The lowest BCUT2D eigenvalue weighted by Gasteiger charge is -2.29. The van der Waals surface area contributed by atoms with Crippen molar-refractivity contribution in [2.24, 2.45) is 0 Å². The van der Waals surface area contributed by atoms with Crippen molar-refractivity contribution >= 4 is 17.5 Å². The van der Waals surface area contributed by atoms with Crippen LogP contribution in [0.3, 0.4) is 0 Å². The summed E-state index contributed by atoms with van der Waals surface area (Å²) < 4.78 is 0. The van der Waals surface area contributed by atoms with Crippen LogP contribution in [0.2, 0.25) is 0 Å². The van der Waals surface area contributed by atoms with E-state index in [-0.39, 0.29) is 18.4 Å². The van der Waals surface area contributed by atoms with Crippen molar-refractivity contribution < 1.29 is 9.59 Å². The van der Waals surface area contributed by atoms with Gasteiger partial charge in [0.15, 0.2) is 0 Å². The minimum absolute atomic E-state index is 0.0366. The van der Waals surface area contributed by atoms with Crippen LogP contribution in [0.4, 0.5) is 5.69 Å². The van der Waals surface area contributed by atoms with Crippen LogP contribution < -0.4 is 5.32 Å². The number of nitrogens with one attached hydrogen (secondary N) is 1. The maximum atomic E-state index is 12.5. The minimum Gasteiger partial charge on any atom is -0.335 e. The van der Waals surface area contributed by atoms with E-state index in [0.717, 1.165) is 36.3 Å². The predicted octanol–water partition coefficient (Wildman–Crippen LogP) is 2.76. The minimum atomic E-state index is -0.177. The number of carbonyl (C=O) groups is 2. The molecule has 1 aliphatic rings. The molecule has 0 fully saturated rings. The van der Waals surface area contributed by atoms with Crippen molar-refractivity contribution in [3.8, 4) is 0 Å². The number of carbonyl (C=O) groups excluding carboxylic acids is 2. The molecule has 1 aliphatic heterocycles. The summed E-state index contributed by atoms with van der Waals surface area (Å²) in [6, 6.07) is 14.3. The van der Waals surface area contributed by atoms with E-state index in [2.05, 4.69) is 28.4 Å². The number of fused-ring (bicyclic) bond motifs is 1. The van der Waals surface area contributed by atoms with Crippen molar-refractivity contribution in [2.75, 3.05) is 32.0 Å². The van der Waals surface area contributed by atoms with Crippen LogP contribution in [0.25, 0.3) is 0 Å². The molecule has 5 heteroatoms. The molecule has 3 rings (SSSR count). The smallest absolute Gasteiger partial charge is 0.243 e. The van der Waals surface area contributed by atoms with Crippen molar-refractivity contribution in [2.45, 2.75) is 26.8 Å². The first-order chi connectivity index (χ1) is 12.9. The van der Waals surface area contributed by atoms with Gasteiger partial charge in [-0.2, -0.15) is 0 Å². The maximum Gasteiger partial charge on any atom is 0.243 e. The van der Waals surface area contributed by atoms with Gasteiger partial charge in [0.2, 0.25) is 11.8 Å². The van der Waals surface area contributed by atoms with E-state index in [4.69, 9.17) is 0 Å². The number of hydrogen-bond donors (Lipinski definition) is 1. The Morgan fingerprint density at radius 3 is 2.63 bits per heavy atom. The molecular weight excluding hydrogens is 338 g/mol. The highest BCUT2D eigenvalue weighted by Crippen LogP contribution is 2.18. The highest BCUT2D eigenvalue weighted by atomic mass is 16.2. The third-order valence-corrected chi connectivity index (χ3v) is 5.04.